The number of methoxy groups -OCH3 is 3. The number of aliphatic imine (C=N–C) groups is 1. The predicted molar refractivity (Wildman–Crippen MR) is 108 cm³/mol. The number of hydrogen-bond acceptors (Lipinski definition) is 6. The minimum atomic E-state index is -0.195. The number of thioether (sulfide) groups is 1. The summed E-state index contributed by atoms with van der Waals surface area (Å²) in [5, 5.41) is 3.33. The first kappa shape index (κ1) is 18.8. The van der Waals surface area contributed by atoms with Crippen molar-refractivity contribution in [3.8, 4) is 17.2 Å². The summed E-state index contributed by atoms with van der Waals surface area (Å²) < 4.78 is 16.0. The van der Waals surface area contributed by atoms with Gasteiger partial charge in [-0.1, -0.05) is 17.7 Å². The van der Waals surface area contributed by atoms with Gasteiger partial charge in [-0.2, -0.15) is 0 Å². The van der Waals surface area contributed by atoms with Gasteiger partial charge in [-0.3, -0.25) is 4.79 Å². The molecule has 0 saturated carbocycles. The van der Waals surface area contributed by atoms with Gasteiger partial charge >= 0.3 is 0 Å². The molecule has 0 radical (unpaired) electrons. The molecule has 27 heavy (non-hydrogen) atoms. The minimum absolute atomic E-state index is 0.195. The van der Waals surface area contributed by atoms with Crippen LogP contribution in [0.2, 0.25) is 0 Å². The second-order valence-corrected chi connectivity index (χ2v) is 6.81. The van der Waals surface area contributed by atoms with Crippen LogP contribution >= 0.6 is 11.8 Å². The molecule has 0 aliphatic carbocycles. The number of hydrogen-bond donors (Lipinski definition) is 1. The van der Waals surface area contributed by atoms with E-state index >= 15 is 0 Å². The van der Waals surface area contributed by atoms with Gasteiger partial charge in [0.25, 0.3) is 5.91 Å². The van der Waals surface area contributed by atoms with Gasteiger partial charge in [0.15, 0.2) is 16.7 Å². The lowest BCUT2D eigenvalue weighted by molar-refractivity contribution is -0.115. The number of amides is 1. The van der Waals surface area contributed by atoms with Crippen molar-refractivity contribution < 1.29 is 19.0 Å². The first-order valence-electron chi connectivity index (χ1n) is 8.20. The van der Waals surface area contributed by atoms with Crippen LogP contribution in [0, 0.1) is 6.92 Å². The normalized spacial score (nSPS) is 16.5. The first-order chi connectivity index (χ1) is 13.0. The Labute approximate surface area is 162 Å². The standard InChI is InChI=1S/C20H20N2O4S/c1-12-5-7-14(8-6-12)21-20-22-19(23)17(27-20)11-13-9-15(24-2)18(26-4)16(10-13)25-3/h5-11H,1-4H3,(H,21,22,23). The van der Waals surface area contributed by atoms with Crippen molar-refractivity contribution in [3.05, 3.63) is 52.4 Å². The summed E-state index contributed by atoms with van der Waals surface area (Å²) >= 11 is 1.29. The van der Waals surface area contributed by atoms with Crippen LogP contribution in [0.5, 0.6) is 17.2 Å². The predicted octanol–water partition coefficient (Wildman–Crippen LogP) is 3.91. The Bertz CT molecular complexity index is 895. The fraction of sp³-hybridized carbons (Fsp3) is 0.200. The molecule has 1 N–H and O–H groups in total. The Morgan fingerprint density at radius 3 is 2.19 bits per heavy atom. The Hall–Kier alpha value is -2.93. The third-order valence-corrected chi connectivity index (χ3v) is 4.81. The molecule has 140 valence electrons. The lowest BCUT2D eigenvalue weighted by Gasteiger charge is -2.12. The molecular weight excluding hydrogens is 364 g/mol. The summed E-state index contributed by atoms with van der Waals surface area (Å²) in [6.45, 7) is 2.02. The highest BCUT2D eigenvalue weighted by molar-refractivity contribution is 8.18. The van der Waals surface area contributed by atoms with Gasteiger partial charge in [-0.15, -0.1) is 0 Å². The molecule has 0 bridgehead atoms. The van der Waals surface area contributed by atoms with Crippen molar-refractivity contribution in [3.63, 3.8) is 0 Å². The zero-order chi connectivity index (χ0) is 19.4. The average molecular weight is 384 g/mol. The number of aryl methyl sites for hydroxylation is 1. The van der Waals surface area contributed by atoms with E-state index in [1.807, 2.05) is 31.2 Å². The van der Waals surface area contributed by atoms with Crippen molar-refractivity contribution in [2.75, 3.05) is 21.3 Å². The second kappa shape index (κ2) is 8.18. The molecule has 1 aliphatic heterocycles. The smallest absolute Gasteiger partial charge is 0.264 e. The number of nitrogens with zero attached hydrogens (tertiary/aromatic N) is 1. The van der Waals surface area contributed by atoms with E-state index in [4.69, 9.17) is 14.2 Å². The molecule has 1 saturated heterocycles. The molecule has 1 heterocycles. The molecule has 0 spiro atoms. The maximum atomic E-state index is 12.3. The van der Waals surface area contributed by atoms with Gasteiger partial charge in [0.1, 0.15) is 0 Å². The Morgan fingerprint density at radius 1 is 1.00 bits per heavy atom. The van der Waals surface area contributed by atoms with Crippen LogP contribution in [0.25, 0.3) is 6.08 Å². The zero-order valence-electron chi connectivity index (χ0n) is 15.5. The van der Waals surface area contributed by atoms with E-state index in [1.165, 1.54) is 11.8 Å². The molecule has 1 amide bonds. The second-order valence-electron chi connectivity index (χ2n) is 5.78. The molecule has 0 atom stereocenters. The summed E-state index contributed by atoms with van der Waals surface area (Å²) in [4.78, 5) is 17.3. The summed E-state index contributed by atoms with van der Waals surface area (Å²) in [6, 6.07) is 11.4. The number of nitrogens with one attached hydrogen (secondary N) is 1. The highest BCUT2D eigenvalue weighted by atomic mass is 32.2. The fourth-order valence-corrected chi connectivity index (χ4v) is 3.39. The fourth-order valence-electron chi connectivity index (χ4n) is 2.55. The highest BCUT2D eigenvalue weighted by Crippen LogP contribution is 2.39. The molecule has 1 aliphatic rings. The zero-order valence-corrected chi connectivity index (χ0v) is 16.3. The topological polar surface area (TPSA) is 69.2 Å². The molecule has 0 aromatic heterocycles. The van der Waals surface area contributed by atoms with E-state index < -0.39 is 0 Å². The maximum Gasteiger partial charge on any atom is 0.264 e. The largest absolute Gasteiger partial charge is 0.493 e. The van der Waals surface area contributed by atoms with Gasteiger partial charge in [0.05, 0.1) is 31.9 Å². The summed E-state index contributed by atoms with van der Waals surface area (Å²) in [5.41, 5.74) is 2.71. The highest BCUT2D eigenvalue weighted by Gasteiger charge is 2.24. The van der Waals surface area contributed by atoms with Gasteiger partial charge in [0, 0.05) is 0 Å². The molecular formula is C20H20N2O4S. The van der Waals surface area contributed by atoms with E-state index in [1.54, 1.807) is 39.5 Å². The number of ether oxygens (including phenoxy) is 3. The van der Waals surface area contributed by atoms with Crippen LogP contribution in [0.4, 0.5) is 5.69 Å². The first-order valence-corrected chi connectivity index (χ1v) is 9.02. The molecule has 7 heteroatoms. The monoisotopic (exact) mass is 384 g/mol. The van der Waals surface area contributed by atoms with Crippen LogP contribution in [0.1, 0.15) is 11.1 Å². The van der Waals surface area contributed by atoms with Crippen molar-refractivity contribution in [1.82, 2.24) is 5.32 Å². The van der Waals surface area contributed by atoms with E-state index in [0.717, 1.165) is 16.8 Å². The maximum absolute atomic E-state index is 12.3. The van der Waals surface area contributed by atoms with Crippen LogP contribution in [0.15, 0.2) is 46.3 Å². The van der Waals surface area contributed by atoms with Gasteiger partial charge in [-0.25, -0.2) is 4.99 Å². The molecule has 3 rings (SSSR count). The van der Waals surface area contributed by atoms with Gasteiger partial charge in [-0.05, 0) is 54.6 Å². The molecule has 0 unspecified atom stereocenters. The number of carbonyl (C=O) groups is 1. The molecule has 2 aromatic rings. The number of rotatable bonds is 5. The van der Waals surface area contributed by atoms with Crippen LogP contribution < -0.4 is 19.5 Å². The quantitative estimate of drug-likeness (QED) is 0.792. The van der Waals surface area contributed by atoms with E-state index in [-0.39, 0.29) is 5.91 Å². The van der Waals surface area contributed by atoms with Crippen molar-refractivity contribution in [1.29, 1.82) is 0 Å². The summed E-state index contributed by atoms with van der Waals surface area (Å²) in [7, 11) is 4.65. The van der Waals surface area contributed by atoms with Crippen LogP contribution in [-0.2, 0) is 4.79 Å². The Balaban J connectivity index is 1.89. The number of benzene rings is 2. The lowest BCUT2D eigenvalue weighted by Crippen LogP contribution is -2.19. The number of carbonyl (C=O) groups excluding carboxylic acids is 1. The molecule has 6 nitrogen and oxygen atoms in total. The number of amidine groups is 1. The van der Waals surface area contributed by atoms with E-state index in [0.29, 0.717) is 27.3 Å². The van der Waals surface area contributed by atoms with Crippen molar-refractivity contribution >= 4 is 34.6 Å². The molecule has 2 aromatic carbocycles. The minimum Gasteiger partial charge on any atom is -0.493 e. The average Bonchev–Trinajstić information content (AvgIpc) is 3.01. The van der Waals surface area contributed by atoms with Crippen LogP contribution in [-0.4, -0.2) is 32.4 Å². The van der Waals surface area contributed by atoms with Gasteiger partial charge < -0.3 is 19.5 Å². The van der Waals surface area contributed by atoms with Crippen LogP contribution in [0.3, 0.4) is 0 Å². The van der Waals surface area contributed by atoms with Crippen molar-refractivity contribution in [2.45, 2.75) is 6.92 Å². The lowest BCUT2D eigenvalue weighted by atomic mass is 10.1. The SMILES string of the molecule is COc1cc(C=C2SC(=Nc3ccc(C)cc3)NC2=O)cc(OC)c1OC. The third-order valence-electron chi connectivity index (χ3n) is 3.90. The summed E-state index contributed by atoms with van der Waals surface area (Å²) in [6.07, 6.45) is 1.77. The van der Waals surface area contributed by atoms with E-state index in [9.17, 15) is 4.79 Å². The summed E-state index contributed by atoms with van der Waals surface area (Å²) in [5.74, 6) is 1.37. The third kappa shape index (κ3) is 4.25. The Morgan fingerprint density at radius 2 is 1.63 bits per heavy atom. The van der Waals surface area contributed by atoms with Crippen molar-refractivity contribution in [2.24, 2.45) is 4.99 Å². The Kier molecular flexibility index (Phi) is 5.71. The van der Waals surface area contributed by atoms with Gasteiger partial charge in [0.2, 0.25) is 5.75 Å². The van der Waals surface area contributed by atoms with E-state index in [2.05, 4.69) is 10.3 Å². The molecule has 1 fully saturated rings.